The summed E-state index contributed by atoms with van der Waals surface area (Å²) in [5, 5.41) is 4.21. The molecule has 7 heteroatoms. The summed E-state index contributed by atoms with van der Waals surface area (Å²) in [6.07, 6.45) is 1.69. The fourth-order valence-corrected chi connectivity index (χ4v) is 4.45. The van der Waals surface area contributed by atoms with Crippen LogP contribution in [0, 0.1) is 0 Å². The molecule has 162 valence electrons. The first-order valence-corrected chi connectivity index (χ1v) is 11.0. The Balaban J connectivity index is 1.53. The summed E-state index contributed by atoms with van der Waals surface area (Å²) >= 11 is 1.59. The Hall–Kier alpha value is -3.58. The number of amides is 1. The zero-order valence-corrected chi connectivity index (χ0v) is 19.0. The Labute approximate surface area is 191 Å². The van der Waals surface area contributed by atoms with Crippen molar-refractivity contribution in [2.24, 2.45) is 5.10 Å². The van der Waals surface area contributed by atoms with Crippen molar-refractivity contribution < 1.29 is 9.59 Å². The van der Waals surface area contributed by atoms with Crippen LogP contribution >= 0.6 is 11.8 Å². The van der Waals surface area contributed by atoms with Crippen LogP contribution in [0.3, 0.4) is 0 Å². The average molecular weight is 445 g/mol. The zero-order chi connectivity index (χ0) is 22.7. The number of hydrogen-bond donors (Lipinski definition) is 1. The van der Waals surface area contributed by atoms with Crippen LogP contribution in [-0.2, 0) is 4.79 Å². The number of fused-ring (bicyclic) bond motifs is 2. The quantitative estimate of drug-likeness (QED) is 0.339. The molecule has 0 atom stereocenters. The van der Waals surface area contributed by atoms with E-state index in [2.05, 4.69) is 10.5 Å². The molecule has 0 saturated heterocycles. The van der Waals surface area contributed by atoms with Crippen LogP contribution in [0.5, 0.6) is 0 Å². The van der Waals surface area contributed by atoms with Gasteiger partial charge in [-0.15, -0.1) is 0 Å². The van der Waals surface area contributed by atoms with Crippen molar-refractivity contribution in [2.75, 3.05) is 30.4 Å². The molecule has 1 heterocycles. The maximum atomic E-state index is 13.2. The van der Waals surface area contributed by atoms with Gasteiger partial charge in [0.15, 0.2) is 5.78 Å². The normalized spacial score (nSPS) is 12.3. The molecule has 0 fully saturated rings. The lowest BCUT2D eigenvalue weighted by Gasteiger charge is -2.31. The first-order chi connectivity index (χ1) is 15.4. The number of nitrogens with zero attached hydrogens (tertiary/aromatic N) is 3. The van der Waals surface area contributed by atoms with E-state index in [1.807, 2.05) is 73.6 Å². The third kappa shape index (κ3) is 4.53. The fourth-order valence-electron chi connectivity index (χ4n) is 3.41. The van der Waals surface area contributed by atoms with Crippen LogP contribution in [-0.4, -0.2) is 38.5 Å². The highest BCUT2D eigenvalue weighted by atomic mass is 32.2. The van der Waals surface area contributed by atoms with Crippen LogP contribution < -0.4 is 15.2 Å². The Kier molecular flexibility index (Phi) is 6.28. The Morgan fingerprint density at radius 2 is 1.72 bits per heavy atom. The van der Waals surface area contributed by atoms with Gasteiger partial charge in [0.25, 0.3) is 5.91 Å². The summed E-state index contributed by atoms with van der Waals surface area (Å²) < 4.78 is 0. The molecule has 0 bridgehead atoms. The van der Waals surface area contributed by atoms with E-state index in [1.165, 1.54) is 6.92 Å². The van der Waals surface area contributed by atoms with E-state index < -0.39 is 0 Å². The standard InChI is InChI=1S/C25H24N4O2S/c1-17(30)19-10-13-24-22(14-19)29(21-6-4-5-7-23(21)32-24)25(31)16-27-26-15-18-8-11-20(12-9-18)28(2)3/h4-15,27H,16H2,1-3H3. The number of hydrazone groups is 1. The number of hydrogen-bond acceptors (Lipinski definition) is 6. The van der Waals surface area contributed by atoms with Gasteiger partial charge in [-0.3, -0.25) is 14.5 Å². The summed E-state index contributed by atoms with van der Waals surface area (Å²) in [5.41, 5.74) is 7.01. The zero-order valence-electron chi connectivity index (χ0n) is 18.2. The number of para-hydroxylation sites is 1. The lowest BCUT2D eigenvalue weighted by atomic mass is 10.1. The van der Waals surface area contributed by atoms with Crippen molar-refractivity contribution in [2.45, 2.75) is 16.7 Å². The third-order valence-electron chi connectivity index (χ3n) is 5.13. The predicted molar refractivity (Wildman–Crippen MR) is 131 cm³/mol. The minimum atomic E-state index is -0.153. The van der Waals surface area contributed by atoms with Crippen molar-refractivity contribution in [1.29, 1.82) is 0 Å². The van der Waals surface area contributed by atoms with Gasteiger partial charge in [0.2, 0.25) is 0 Å². The summed E-state index contributed by atoms with van der Waals surface area (Å²) in [7, 11) is 3.98. The number of anilines is 3. The predicted octanol–water partition coefficient (Wildman–Crippen LogP) is 4.71. The molecule has 1 amide bonds. The highest BCUT2D eigenvalue weighted by molar-refractivity contribution is 7.99. The van der Waals surface area contributed by atoms with Crippen LogP contribution in [0.4, 0.5) is 17.1 Å². The van der Waals surface area contributed by atoms with Gasteiger partial charge >= 0.3 is 0 Å². The Morgan fingerprint density at radius 3 is 2.44 bits per heavy atom. The molecule has 0 aliphatic carbocycles. The largest absolute Gasteiger partial charge is 0.378 e. The topological polar surface area (TPSA) is 65.0 Å². The van der Waals surface area contributed by atoms with Gasteiger partial charge in [0.1, 0.15) is 6.54 Å². The first kappa shape index (κ1) is 21.6. The lowest BCUT2D eigenvalue weighted by molar-refractivity contribution is -0.117. The van der Waals surface area contributed by atoms with Gasteiger partial charge in [-0.2, -0.15) is 5.10 Å². The summed E-state index contributed by atoms with van der Waals surface area (Å²) in [6.45, 7) is 1.55. The van der Waals surface area contributed by atoms with Gasteiger partial charge < -0.3 is 10.3 Å². The second-order valence-corrected chi connectivity index (χ2v) is 8.70. The summed E-state index contributed by atoms with van der Waals surface area (Å²) in [4.78, 5) is 30.8. The van der Waals surface area contributed by atoms with Crippen LogP contribution in [0.1, 0.15) is 22.8 Å². The Morgan fingerprint density at radius 1 is 1.00 bits per heavy atom. The second kappa shape index (κ2) is 9.28. The van der Waals surface area contributed by atoms with E-state index in [1.54, 1.807) is 35.0 Å². The van der Waals surface area contributed by atoms with Crippen LogP contribution in [0.15, 0.2) is 81.6 Å². The number of rotatable bonds is 6. The van der Waals surface area contributed by atoms with Gasteiger partial charge in [0.05, 0.1) is 17.6 Å². The number of carbonyl (C=O) groups excluding carboxylic acids is 2. The number of nitrogens with one attached hydrogen (secondary N) is 1. The van der Waals surface area contributed by atoms with E-state index in [4.69, 9.17) is 0 Å². The van der Waals surface area contributed by atoms with Crippen LogP contribution in [0.2, 0.25) is 0 Å². The maximum absolute atomic E-state index is 13.2. The minimum absolute atomic E-state index is 0.0228. The molecule has 0 spiro atoms. The molecular weight excluding hydrogens is 420 g/mol. The van der Waals surface area contributed by atoms with E-state index in [9.17, 15) is 9.59 Å². The van der Waals surface area contributed by atoms with E-state index in [-0.39, 0.29) is 18.2 Å². The smallest absolute Gasteiger partial charge is 0.252 e. The van der Waals surface area contributed by atoms with Crippen molar-refractivity contribution in [3.8, 4) is 0 Å². The van der Waals surface area contributed by atoms with Crippen LogP contribution in [0.25, 0.3) is 0 Å². The molecule has 4 rings (SSSR count). The number of Topliss-reactive ketones (excluding diaryl/α,β-unsaturated/α-hetero) is 1. The number of carbonyl (C=O) groups is 2. The van der Waals surface area contributed by atoms with E-state index in [0.29, 0.717) is 5.56 Å². The molecular formula is C25H24N4O2S. The molecule has 0 saturated carbocycles. The molecule has 6 nitrogen and oxygen atoms in total. The monoisotopic (exact) mass is 444 g/mol. The molecule has 0 aromatic heterocycles. The lowest BCUT2D eigenvalue weighted by Crippen LogP contribution is -2.35. The van der Waals surface area contributed by atoms with E-state index in [0.717, 1.165) is 32.4 Å². The second-order valence-electron chi connectivity index (χ2n) is 7.62. The number of benzene rings is 3. The fraction of sp³-hybridized carbons (Fsp3) is 0.160. The molecule has 1 aliphatic rings. The first-order valence-electron chi connectivity index (χ1n) is 10.2. The van der Waals surface area contributed by atoms with Gasteiger partial charge in [-0.05, 0) is 48.9 Å². The SMILES string of the molecule is CC(=O)c1ccc2c(c1)N(C(=O)CNN=Cc1ccc(N(C)C)cc1)c1ccccc1S2. The van der Waals surface area contributed by atoms with Gasteiger partial charge in [-0.1, -0.05) is 42.1 Å². The molecule has 3 aromatic carbocycles. The molecule has 32 heavy (non-hydrogen) atoms. The minimum Gasteiger partial charge on any atom is -0.378 e. The Bertz CT molecular complexity index is 1190. The highest BCUT2D eigenvalue weighted by Crippen LogP contribution is 2.48. The molecule has 0 radical (unpaired) electrons. The van der Waals surface area contributed by atoms with Gasteiger partial charge in [-0.25, -0.2) is 0 Å². The molecule has 1 N–H and O–H groups in total. The van der Waals surface area contributed by atoms with Crippen molar-refractivity contribution >= 4 is 46.7 Å². The molecule has 1 aliphatic heterocycles. The highest BCUT2D eigenvalue weighted by Gasteiger charge is 2.28. The molecule has 0 unspecified atom stereocenters. The average Bonchev–Trinajstić information content (AvgIpc) is 2.80. The van der Waals surface area contributed by atoms with Crippen molar-refractivity contribution in [3.63, 3.8) is 0 Å². The van der Waals surface area contributed by atoms with Gasteiger partial charge in [0, 0.05) is 35.1 Å². The molecule has 3 aromatic rings. The summed E-state index contributed by atoms with van der Waals surface area (Å²) in [5.74, 6) is -0.188. The number of ketones is 1. The van der Waals surface area contributed by atoms with Crippen molar-refractivity contribution in [3.05, 3.63) is 77.9 Å². The van der Waals surface area contributed by atoms with E-state index >= 15 is 0 Å². The maximum Gasteiger partial charge on any atom is 0.252 e. The summed E-state index contributed by atoms with van der Waals surface area (Å²) in [6, 6.07) is 21.2. The van der Waals surface area contributed by atoms with Crippen molar-refractivity contribution in [1.82, 2.24) is 5.43 Å². The third-order valence-corrected chi connectivity index (χ3v) is 6.26.